The molecule has 2 rings (SSSR count). The Kier molecular flexibility index (Phi) is 5.07. The maximum atomic E-state index is 5.37. The van der Waals surface area contributed by atoms with Gasteiger partial charge in [0.05, 0.1) is 19.3 Å². The molecule has 1 N–H and O–H groups in total. The van der Waals surface area contributed by atoms with Gasteiger partial charge in [0, 0.05) is 0 Å². The third-order valence-corrected chi connectivity index (χ3v) is 3.32. The second-order valence-corrected chi connectivity index (χ2v) is 4.11. The second-order valence-electron chi connectivity index (χ2n) is 4.11. The lowest BCUT2D eigenvalue weighted by atomic mass is 9.94. The van der Waals surface area contributed by atoms with Gasteiger partial charge < -0.3 is 22.0 Å². The van der Waals surface area contributed by atoms with E-state index in [1.165, 1.54) is 45.2 Å². The van der Waals surface area contributed by atoms with Crippen molar-refractivity contribution in [3.63, 3.8) is 0 Å². The van der Waals surface area contributed by atoms with Crippen LogP contribution in [0.4, 0.5) is 0 Å². The SMILES string of the molecule is C1CCC([NH+]2CCOCC2)CC1.[Cl-]. The molecule has 3 heteroatoms. The molecule has 0 amide bonds. The molecule has 0 aromatic carbocycles. The predicted molar refractivity (Wildman–Crippen MR) is 48.4 cm³/mol. The van der Waals surface area contributed by atoms with Crippen molar-refractivity contribution >= 4 is 0 Å². The van der Waals surface area contributed by atoms with Crippen LogP contribution in [0, 0.1) is 0 Å². The fraction of sp³-hybridized carbons (Fsp3) is 1.00. The molecule has 1 aliphatic heterocycles. The zero-order valence-electron chi connectivity index (χ0n) is 8.23. The van der Waals surface area contributed by atoms with E-state index < -0.39 is 0 Å². The third-order valence-electron chi connectivity index (χ3n) is 3.32. The van der Waals surface area contributed by atoms with Crippen molar-refractivity contribution in [2.75, 3.05) is 26.3 Å². The lowest BCUT2D eigenvalue weighted by Gasteiger charge is -2.33. The minimum absolute atomic E-state index is 0. The van der Waals surface area contributed by atoms with Crippen LogP contribution in [0.3, 0.4) is 0 Å². The molecule has 0 radical (unpaired) electrons. The summed E-state index contributed by atoms with van der Waals surface area (Å²) >= 11 is 0. The first kappa shape index (κ1) is 11.3. The molecule has 1 heterocycles. The number of nitrogens with one attached hydrogen (secondary N) is 1. The summed E-state index contributed by atoms with van der Waals surface area (Å²) in [5.41, 5.74) is 0. The summed E-state index contributed by atoms with van der Waals surface area (Å²) < 4.78 is 5.37. The zero-order valence-corrected chi connectivity index (χ0v) is 8.98. The van der Waals surface area contributed by atoms with Crippen molar-refractivity contribution in [3.05, 3.63) is 0 Å². The lowest BCUT2D eigenvalue weighted by Crippen LogP contribution is -3.17. The van der Waals surface area contributed by atoms with Crippen molar-refractivity contribution in [1.29, 1.82) is 0 Å². The Labute approximate surface area is 87.0 Å². The molecule has 1 aliphatic carbocycles. The zero-order chi connectivity index (χ0) is 8.23. The molecule has 0 bridgehead atoms. The highest BCUT2D eigenvalue weighted by Crippen LogP contribution is 2.15. The smallest absolute Gasteiger partial charge is 0.101 e. The molecule has 0 atom stereocenters. The van der Waals surface area contributed by atoms with E-state index in [1.807, 2.05) is 4.90 Å². The third kappa shape index (κ3) is 3.12. The fourth-order valence-corrected chi connectivity index (χ4v) is 2.55. The average Bonchev–Trinajstić information content (AvgIpc) is 2.21. The Balaban J connectivity index is 0.000000845. The van der Waals surface area contributed by atoms with Gasteiger partial charge in [0.2, 0.25) is 0 Å². The Morgan fingerprint density at radius 3 is 2.15 bits per heavy atom. The van der Waals surface area contributed by atoms with Gasteiger partial charge in [0.25, 0.3) is 0 Å². The monoisotopic (exact) mass is 205 g/mol. The van der Waals surface area contributed by atoms with Gasteiger partial charge >= 0.3 is 0 Å². The van der Waals surface area contributed by atoms with E-state index in [4.69, 9.17) is 4.74 Å². The number of quaternary nitrogens is 1. The van der Waals surface area contributed by atoms with Gasteiger partial charge in [0.15, 0.2) is 0 Å². The lowest BCUT2D eigenvalue weighted by molar-refractivity contribution is -0.934. The van der Waals surface area contributed by atoms with Crippen molar-refractivity contribution in [3.8, 4) is 0 Å². The maximum absolute atomic E-state index is 5.37. The summed E-state index contributed by atoms with van der Waals surface area (Å²) in [5, 5.41) is 0. The Hall–Kier alpha value is 0.210. The predicted octanol–water partition coefficient (Wildman–Crippen LogP) is -2.76. The summed E-state index contributed by atoms with van der Waals surface area (Å²) in [5.74, 6) is 0. The Morgan fingerprint density at radius 2 is 1.54 bits per heavy atom. The highest BCUT2D eigenvalue weighted by atomic mass is 35.5. The van der Waals surface area contributed by atoms with Gasteiger partial charge in [-0.25, -0.2) is 0 Å². The summed E-state index contributed by atoms with van der Waals surface area (Å²) in [4.78, 5) is 1.82. The normalized spacial score (nSPS) is 26.8. The minimum atomic E-state index is 0. The summed E-state index contributed by atoms with van der Waals surface area (Å²) in [6.45, 7) is 4.49. The number of halogens is 1. The van der Waals surface area contributed by atoms with Crippen molar-refractivity contribution in [2.45, 2.75) is 38.1 Å². The van der Waals surface area contributed by atoms with Crippen LogP contribution in [0.5, 0.6) is 0 Å². The first-order valence-corrected chi connectivity index (χ1v) is 5.39. The second kappa shape index (κ2) is 5.84. The van der Waals surface area contributed by atoms with E-state index in [0.717, 1.165) is 19.3 Å². The van der Waals surface area contributed by atoms with Gasteiger partial charge in [0.1, 0.15) is 13.1 Å². The number of rotatable bonds is 1. The van der Waals surface area contributed by atoms with E-state index in [1.54, 1.807) is 0 Å². The van der Waals surface area contributed by atoms with Gasteiger partial charge in [-0.3, -0.25) is 0 Å². The molecule has 1 saturated heterocycles. The van der Waals surface area contributed by atoms with Gasteiger partial charge in [-0.2, -0.15) is 0 Å². The van der Waals surface area contributed by atoms with Crippen LogP contribution in [0.25, 0.3) is 0 Å². The van der Waals surface area contributed by atoms with Crippen LogP contribution in [-0.4, -0.2) is 32.3 Å². The van der Waals surface area contributed by atoms with Crippen LogP contribution < -0.4 is 17.3 Å². The molecular weight excluding hydrogens is 186 g/mol. The summed E-state index contributed by atoms with van der Waals surface area (Å²) in [7, 11) is 0. The molecule has 0 unspecified atom stereocenters. The first-order valence-electron chi connectivity index (χ1n) is 5.39. The van der Waals surface area contributed by atoms with Gasteiger partial charge in [-0.05, 0) is 25.7 Å². The quantitative estimate of drug-likeness (QED) is 0.490. The van der Waals surface area contributed by atoms with Crippen LogP contribution >= 0.6 is 0 Å². The number of hydrogen-bond acceptors (Lipinski definition) is 1. The molecule has 0 aromatic rings. The topological polar surface area (TPSA) is 13.7 Å². The molecule has 2 aliphatic rings. The van der Waals surface area contributed by atoms with E-state index in [0.29, 0.717) is 0 Å². The van der Waals surface area contributed by atoms with Crippen LogP contribution in [-0.2, 0) is 4.74 Å². The largest absolute Gasteiger partial charge is 1.00 e. The Bertz CT molecular complexity index is 115. The maximum Gasteiger partial charge on any atom is 0.101 e. The van der Waals surface area contributed by atoms with Crippen LogP contribution in [0.15, 0.2) is 0 Å². The molecule has 2 fully saturated rings. The van der Waals surface area contributed by atoms with Crippen molar-refractivity contribution < 1.29 is 22.0 Å². The highest BCUT2D eigenvalue weighted by molar-refractivity contribution is 4.64. The molecular formula is C10H20ClNO. The van der Waals surface area contributed by atoms with E-state index in [2.05, 4.69) is 0 Å². The van der Waals surface area contributed by atoms with Gasteiger partial charge in [-0.1, -0.05) is 6.42 Å². The highest BCUT2D eigenvalue weighted by Gasteiger charge is 2.25. The summed E-state index contributed by atoms with van der Waals surface area (Å²) in [6.07, 6.45) is 7.34. The molecule has 0 spiro atoms. The van der Waals surface area contributed by atoms with Crippen molar-refractivity contribution in [1.82, 2.24) is 0 Å². The van der Waals surface area contributed by atoms with Crippen LogP contribution in [0.1, 0.15) is 32.1 Å². The summed E-state index contributed by atoms with van der Waals surface area (Å²) in [6, 6.07) is 0.975. The van der Waals surface area contributed by atoms with E-state index in [-0.39, 0.29) is 12.4 Å². The molecule has 78 valence electrons. The number of morpholine rings is 1. The van der Waals surface area contributed by atoms with Crippen LogP contribution in [0.2, 0.25) is 0 Å². The van der Waals surface area contributed by atoms with E-state index >= 15 is 0 Å². The van der Waals surface area contributed by atoms with E-state index in [9.17, 15) is 0 Å². The molecule has 1 saturated carbocycles. The minimum Gasteiger partial charge on any atom is -1.00 e. The molecule has 2 nitrogen and oxygen atoms in total. The molecule has 13 heavy (non-hydrogen) atoms. The standard InChI is InChI=1S/C10H19NO.ClH/c1-2-4-10(5-3-1)11-6-8-12-9-7-11;/h10H,1-9H2;1H. The number of hydrogen-bond donors (Lipinski definition) is 1. The fourth-order valence-electron chi connectivity index (χ4n) is 2.55. The van der Waals surface area contributed by atoms with Crippen molar-refractivity contribution in [2.24, 2.45) is 0 Å². The van der Waals surface area contributed by atoms with Gasteiger partial charge in [-0.15, -0.1) is 0 Å². The first-order chi connectivity index (χ1) is 5.97. The number of ether oxygens (including phenoxy) is 1. The average molecular weight is 206 g/mol. The Morgan fingerprint density at radius 1 is 0.923 bits per heavy atom. The molecule has 0 aromatic heterocycles.